The van der Waals surface area contributed by atoms with E-state index in [1.165, 1.54) is 11.1 Å². The minimum absolute atomic E-state index is 0.0489. The summed E-state index contributed by atoms with van der Waals surface area (Å²) in [5.74, 6) is 0.987. The van der Waals surface area contributed by atoms with Gasteiger partial charge in [-0.3, -0.25) is 0 Å². The van der Waals surface area contributed by atoms with Gasteiger partial charge < -0.3 is 5.11 Å². The predicted molar refractivity (Wildman–Crippen MR) is 113 cm³/mol. The minimum Gasteiger partial charge on any atom is -0.478 e. The lowest BCUT2D eigenvalue weighted by Gasteiger charge is -2.42. The van der Waals surface area contributed by atoms with Crippen LogP contribution in [0.5, 0.6) is 0 Å². The van der Waals surface area contributed by atoms with E-state index in [-0.39, 0.29) is 10.8 Å². The lowest BCUT2D eigenvalue weighted by Crippen LogP contribution is -2.33. The molecule has 28 heavy (non-hydrogen) atoms. The van der Waals surface area contributed by atoms with E-state index in [1.807, 2.05) is 24.2 Å². The second kappa shape index (κ2) is 7.07. The molecule has 0 spiro atoms. The van der Waals surface area contributed by atoms with Gasteiger partial charge in [0.25, 0.3) is 0 Å². The Balaban J connectivity index is 2.20. The van der Waals surface area contributed by atoms with Crippen molar-refractivity contribution in [1.82, 2.24) is 0 Å². The van der Waals surface area contributed by atoms with E-state index in [1.54, 1.807) is 13.0 Å². The third-order valence-electron chi connectivity index (χ3n) is 6.26. The average Bonchev–Trinajstić information content (AvgIpc) is 2.66. The number of aliphatic carboxylic acids is 1. The molecule has 0 fully saturated rings. The van der Waals surface area contributed by atoms with Crippen molar-refractivity contribution in [2.45, 2.75) is 64.7 Å². The Morgan fingerprint density at radius 3 is 2.21 bits per heavy atom. The summed E-state index contributed by atoms with van der Waals surface area (Å²) in [5, 5.41) is 9.69. The van der Waals surface area contributed by atoms with Crippen molar-refractivity contribution in [2.24, 2.45) is 0 Å². The predicted octanol–water partition coefficient (Wildman–Crippen LogP) is 5.54. The number of carboxylic acid groups (broad SMARTS) is 1. The number of allylic oxidation sites excluding steroid dienone is 6. The van der Waals surface area contributed by atoms with Crippen molar-refractivity contribution in [3.05, 3.63) is 69.8 Å². The van der Waals surface area contributed by atoms with Gasteiger partial charge in [-0.25, -0.2) is 9.59 Å². The number of benzene rings is 1. The summed E-state index contributed by atoms with van der Waals surface area (Å²) >= 11 is 0. The highest BCUT2D eigenvalue weighted by Crippen LogP contribution is 2.47. The molecule has 0 saturated heterocycles. The van der Waals surface area contributed by atoms with Crippen molar-refractivity contribution < 1.29 is 14.7 Å². The summed E-state index contributed by atoms with van der Waals surface area (Å²) in [6.07, 6.45) is 8.16. The first-order chi connectivity index (χ1) is 13.1. The molecule has 1 aromatic carbocycles. The molecule has 0 aromatic heterocycles. The van der Waals surface area contributed by atoms with E-state index in [4.69, 9.17) is 0 Å². The zero-order chi connectivity index (χ0) is 20.7. The van der Waals surface area contributed by atoms with Crippen LogP contribution in [0.3, 0.4) is 0 Å². The van der Waals surface area contributed by atoms with E-state index >= 15 is 0 Å². The van der Waals surface area contributed by atoms with Crippen LogP contribution in [0, 0.1) is 0 Å². The smallest absolute Gasteiger partial charge is 0.331 e. The molecule has 0 unspecified atom stereocenters. The van der Waals surface area contributed by atoms with E-state index in [0.29, 0.717) is 17.6 Å². The molecule has 0 amide bonds. The highest BCUT2D eigenvalue weighted by molar-refractivity contribution is 6.01. The highest BCUT2D eigenvalue weighted by Gasteiger charge is 2.37. The van der Waals surface area contributed by atoms with Gasteiger partial charge in [0.1, 0.15) is 5.94 Å². The molecule has 3 nitrogen and oxygen atoms in total. The van der Waals surface area contributed by atoms with E-state index in [2.05, 4.69) is 39.8 Å². The second-order valence-electron chi connectivity index (χ2n) is 9.16. The second-order valence-corrected chi connectivity index (χ2v) is 9.16. The van der Waals surface area contributed by atoms with Gasteiger partial charge in [-0.2, -0.15) is 0 Å². The van der Waals surface area contributed by atoms with Gasteiger partial charge >= 0.3 is 5.97 Å². The fourth-order valence-corrected chi connectivity index (χ4v) is 4.26. The summed E-state index contributed by atoms with van der Waals surface area (Å²) < 4.78 is 0. The lowest BCUT2D eigenvalue weighted by atomic mass is 9.62. The van der Waals surface area contributed by atoms with Gasteiger partial charge in [-0.15, -0.1) is 0 Å². The third kappa shape index (κ3) is 3.55. The normalized spacial score (nSPS) is 20.6. The fourth-order valence-electron chi connectivity index (χ4n) is 4.26. The van der Waals surface area contributed by atoms with E-state index in [9.17, 15) is 14.7 Å². The monoisotopic (exact) mass is 376 g/mol. The Kier molecular flexibility index (Phi) is 5.08. The van der Waals surface area contributed by atoms with E-state index in [0.717, 1.165) is 29.6 Å². The topological polar surface area (TPSA) is 54.4 Å². The number of hydrogen-bond donors (Lipinski definition) is 1. The minimum atomic E-state index is -0.932. The number of rotatable bonds is 3. The number of hydrogen-bond acceptors (Lipinski definition) is 2. The summed E-state index contributed by atoms with van der Waals surface area (Å²) in [5.41, 5.74) is 6.16. The molecule has 3 heteroatoms. The Morgan fingerprint density at radius 1 is 1.04 bits per heavy atom. The first-order valence-corrected chi connectivity index (χ1v) is 9.79. The summed E-state index contributed by atoms with van der Waals surface area (Å²) in [7, 11) is 0. The van der Waals surface area contributed by atoms with Gasteiger partial charge in [0.05, 0.1) is 0 Å². The Bertz CT molecular complexity index is 977. The largest absolute Gasteiger partial charge is 0.478 e. The van der Waals surface area contributed by atoms with Crippen LogP contribution in [0.15, 0.2) is 53.1 Å². The molecule has 0 bridgehead atoms. The van der Waals surface area contributed by atoms with E-state index < -0.39 is 5.97 Å². The molecule has 0 atom stereocenters. The molecule has 2 aliphatic carbocycles. The van der Waals surface area contributed by atoms with Crippen molar-refractivity contribution in [3.63, 3.8) is 0 Å². The molecule has 0 saturated carbocycles. The number of carbonyl (C=O) groups excluding carboxylic acids is 1. The highest BCUT2D eigenvalue weighted by atomic mass is 16.4. The Hall–Kier alpha value is -2.64. The van der Waals surface area contributed by atoms with Crippen molar-refractivity contribution in [2.75, 3.05) is 0 Å². The van der Waals surface area contributed by atoms with Gasteiger partial charge in [-0.1, -0.05) is 58.0 Å². The van der Waals surface area contributed by atoms with Gasteiger partial charge in [0, 0.05) is 17.6 Å². The molecule has 0 aliphatic heterocycles. The van der Waals surface area contributed by atoms with Gasteiger partial charge in [0.2, 0.25) is 0 Å². The number of fused-ring (bicyclic) bond motifs is 1. The summed E-state index contributed by atoms with van der Waals surface area (Å²) in [6, 6.07) is 6.39. The Labute approximate surface area is 167 Å². The van der Waals surface area contributed by atoms with Crippen molar-refractivity contribution >= 4 is 17.5 Å². The third-order valence-corrected chi connectivity index (χ3v) is 6.26. The summed E-state index contributed by atoms with van der Waals surface area (Å²) in [4.78, 5) is 22.7. The molecule has 0 heterocycles. The van der Waals surface area contributed by atoms with Crippen LogP contribution >= 0.6 is 0 Å². The van der Waals surface area contributed by atoms with Crippen LogP contribution in [0.1, 0.15) is 70.6 Å². The average molecular weight is 376 g/mol. The van der Waals surface area contributed by atoms with Crippen molar-refractivity contribution in [3.8, 4) is 0 Å². The molecule has 1 aromatic rings. The van der Waals surface area contributed by atoms with Crippen LogP contribution in [0.25, 0.3) is 5.57 Å². The fraction of sp³-hybridized carbons (Fsp3) is 0.400. The van der Waals surface area contributed by atoms with Crippen LogP contribution < -0.4 is 0 Å². The molecule has 1 N–H and O–H groups in total. The molecule has 2 aliphatic rings. The first kappa shape index (κ1) is 20.1. The molecular weight excluding hydrogens is 348 g/mol. The maximum Gasteiger partial charge on any atom is 0.331 e. The molecule has 3 rings (SSSR count). The number of carbonyl (C=O) groups is 1. The first-order valence-electron chi connectivity index (χ1n) is 9.79. The summed E-state index contributed by atoms with van der Waals surface area (Å²) in [6.45, 7) is 10.7. The number of carboxylic acids is 1. The standard InChI is InChI=1S/C25H28O3/c1-16(23(27)28)22(18-8-6-17(15-26)7-9-18)19-10-11-20-21(14-19)25(4,5)13-12-24(20,2)3/h6,8-11,14H,7,12-13H2,1-5H3,(H,27,28)/b22-16-. The Morgan fingerprint density at radius 2 is 1.68 bits per heavy atom. The van der Waals surface area contributed by atoms with Crippen LogP contribution in [-0.4, -0.2) is 17.0 Å². The van der Waals surface area contributed by atoms with Crippen LogP contribution in [-0.2, 0) is 20.4 Å². The molecular formula is C25H28O3. The molecule has 146 valence electrons. The maximum atomic E-state index is 11.8. The van der Waals surface area contributed by atoms with Crippen LogP contribution in [0.4, 0.5) is 0 Å². The SMILES string of the molecule is C/C(C(=O)O)=C(\C1=CCC(=C=O)C=C1)c1ccc2c(c1)C(C)(C)CCC2(C)C. The van der Waals surface area contributed by atoms with Crippen molar-refractivity contribution in [1.29, 1.82) is 0 Å². The van der Waals surface area contributed by atoms with Gasteiger partial charge in [-0.05, 0) is 64.5 Å². The molecule has 0 radical (unpaired) electrons. The van der Waals surface area contributed by atoms with Crippen LogP contribution in [0.2, 0.25) is 0 Å². The zero-order valence-corrected chi connectivity index (χ0v) is 17.3. The lowest BCUT2D eigenvalue weighted by molar-refractivity contribution is -0.132. The maximum absolute atomic E-state index is 11.8. The van der Waals surface area contributed by atoms with Gasteiger partial charge in [0.15, 0.2) is 0 Å². The quantitative estimate of drug-likeness (QED) is 0.557. The zero-order valence-electron chi connectivity index (χ0n) is 17.3.